The SMILES string of the molecule is O=C(c1ccccc1)[C@H]1C(c2ccc([N+](=O)[O-])cc2)=NO[C@@]12C(=O)Nc1ccccc12. The Hall–Kier alpha value is -4.33. The fourth-order valence-electron chi connectivity index (χ4n) is 4.10. The summed E-state index contributed by atoms with van der Waals surface area (Å²) in [6.07, 6.45) is 0. The molecule has 0 radical (unpaired) electrons. The molecule has 2 aliphatic rings. The molecule has 31 heavy (non-hydrogen) atoms. The molecule has 1 spiro atoms. The van der Waals surface area contributed by atoms with E-state index in [0.717, 1.165) is 0 Å². The normalized spacial score (nSPS) is 21.2. The first-order chi connectivity index (χ1) is 15.0. The van der Waals surface area contributed by atoms with Crippen LogP contribution < -0.4 is 5.32 Å². The highest BCUT2D eigenvalue weighted by molar-refractivity contribution is 6.24. The Kier molecular flexibility index (Phi) is 4.14. The van der Waals surface area contributed by atoms with Crippen LogP contribution in [0.1, 0.15) is 21.5 Å². The molecule has 0 aliphatic carbocycles. The van der Waals surface area contributed by atoms with Gasteiger partial charge in [-0.3, -0.25) is 19.7 Å². The number of hydrogen-bond acceptors (Lipinski definition) is 6. The number of nitro groups is 1. The third kappa shape index (κ3) is 2.72. The van der Waals surface area contributed by atoms with Crippen LogP contribution in [0.5, 0.6) is 0 Å². The minimum Gasteiger partial charge on any atom is -0.373 e. The van der Waals surface area contributed by atoms with Gasteiger partial charge in [-0.1, -0.05) is 53.7 Å². The zero-order chi connectivity index (χ0) is 21.6. The van der Waals surface area contributed by atoms with Crippen molar-refractivity contribution in [1.82, 2.24) is 0 Å². The molecule has 1 amide bonds. The van der Waals surface area contributed by atoms with E-state index in [9.17, 15) is 19.7 Å². The van der Waals surface area contributed by atoms with Gasteiger partial charge in [0.25, 0.3) is 17.2 Å². The number of nitrogens with one attached hydrogen (secondary N) is 1. The van der Waals surface area contributed by atoms with Crippen molar-refractivity contribution in [3.05, 3.63) is 106 Å². The Balaban J connectivity index is 1.67. The maximum absolute atomic E-state index is 13.7. The number of rotatable bonds is 4. The second kappa shape index (κ2) is 6.88. The van der Waals surface area contributed by atoms with Crippen molar-refractivity contribution < 1.29 is 19.3 Å². The van der Waals surface area contributed by atoms with E-state index in [1.807, 2.05) is 0 Å². The van der Waals surface area contributed by atoms with Crippen LogP contribution in [0.2, 0.25) is 0 Å². The number of ketones is 1. The largest absolute Gasteiger partial charge is 0.373 e. The standard InChI is InChI=1S/C23H15N3O5/c27-21(15-6-2-1-3-7-15)19-20(14-10-12-16(13-11-14)26(29)30)25-31-23(19)17-8-4-5-9-18(17)24-22(23)28/h1-13,19H,(H,24,28)/t19-,23-/m1/s1. The molecule has 3 aromatic carbocycles. The van der Waals surface area contributed by atoms with Crippen LogP contribution in [0.4, 0.5) is 11.4 Å². The molecule has 0 saturated carbocycles. The van der Waals surface area contributed by atoms with Gasteiger partial charge in [0.1, 0.15) is 11.6 Å². The molecule has 0 unspecified atom stereocenters. The number of fused-ring (bicyclic) bond motifs is 2. The first-order valence-electron chi connectivity index (χ1n) is 9.53. The summed E-state index contributed by atoms with van der Waals surface area (Å²) >= 11 is 0. The molecule has 2 heterocycles. The smallest absolute Gasteiger partial charge is 0.277 e. The Morgan fingerprint density at radius 2 is 1.68 bits per heavy atom. The number of nitro benzene ring substituents is 1. The highest BCUT2D eigenvalue weighted by atomic mass is 16.7. The van der Waals surface area contributed by atoms with Crippen molar-refractivity contribution >= 4 is 28.8 Å². The minimum absolute atomic E-state index is 0.0899. The lowest BCUT2D eigenvalue weighted by Crippen LogP contribution is -2.46. The van der Waals surface area contributed by atoms with Gasteiger partial charge in [-0.15, -0.1) is 0 Å². The first kappa shape index (κ1) is 18.7. The third-order valence-electron chi connectivity index (χ3n) is 5.58. The van der Waals surface area contributed by atoms with E-state index in [1.165, 1.54) is 24.3 Å². The van der Waals surface area contributed by atoms with Crippen molar-refractivity contribution in [2.24, 2.45) is 11.1 Å². The summed E-state index contributed by atoms with van der Waals surface area (Å²) in [5.41, 5.74) is 0.454. The van der Waals surface area contributed by atoms with Crippen LogP contribution >= 0.6 is 0 Å². The molecule has 0 aromatic heterocycles. The van der Waals surface area contributed by atoms with Gasteiger partial charge in [0, 0.05) is 34.5 Å². The molecule has 5 rings (SSSR count). The van der Waals surface area contributed by atoms with E-state index < -0.39 is 22.3 Å². The van der Waals surface area contributed by atoms with Gasteiger partial charge in [0.2, 0.25) is 0 Å². The lowest BCUT2D eigenvalue weighted by molar-refractivity contribution is -0.384. The van der Waals surface area contributed by atoms with Crippen molar-refractivity contribution in [2.45, 2.75) is 5.60 Å². The molecule has 2 aliphatic heterocycles. The van der Waals surface area contributed by atoms with Crippen LogP contribution in [-0.2, 0) is 15.2 Å². The minimum atomic E-state index is -1.65. The quantitative estimate of drug-likeness (QED) is 0.398. The first-order valence-corrected chi connectivity index (χ1v) is 9.53. The molecule has 0 fully saturated rings. The molecule has 0 bridgehead atoms. The molecule has 0 saturated heterocycles. The number of anilines is 1. The highest BCUT2D eigenvalue weighted by Gasteiger charge is 2.63. The molecule has 152 valence electrons. The molecular formula is C23H15N3O5. The highest BCUT2D eigenvalue weighted by Crippen LogP contribution is 2.49. The number of carbonyl (C=O) groups is 2. The van der Waals surface area contributed by atoms with Crippen LogP contribution in [0, 0.1) is 16.0 Å². The van der Waals surface area contributed by atoms with Crippen molar-refractivity contribution in [3.63, 3.8) is 0 Å². The zero-order valence-corrected chi connectivity index (χ0v) is 16.0. The van der Waals surface area contributed by atoms with Crippen LogP contribution in [0.15, 0.2) is 84.0 Å². The third-order valence-corrected chi connectivity index (χ3v) is 5.58. The predicted molar refractivity (Wildman–Crippen MR) is 112 cm³/mol. The van der Waals surface area contributed by atoms with E-state index in [0.29, 0.717) is 22.4 Å². The fourth-order valence-corrected chi connectivity index (χ4v) is 4.10. The fraction of sp³-hybridized carbons (Fsp3) is 0.0870. The molecule has 8 heteroatoms. The Bertz CT molecular complexity index is 1250. The average Bonchev–Trinajstić information content (AvgIpc) is 3.33. The predicted octanol–water partition coefficient (Wildman–Crippen LogP) is 3.68. The van der Waals surface area contributed by atoms with Crippen LogP contribution in [0.25, 0.3) is 0 Å². The van der Waals surface area contributed by atoms with Crippen LogP contribution in [-0.4, -0.2) is 22.3 Å². The number of hydrogen-bond donors (Lipinski definition) is 1. The van der Waals surface area contributed by atoms with E-state index in [1.54, 1.807) is 54.6 Å². The molecular weight excluding hydrogens is 398 g/mol. The van der Waals surface area contributed by atoms with Crippen molar-refractivity contribution in [3.8, 4) is 0 Å². The molecule has 8 nitrogen and oxygen atoms in total. The summed E-state index contributed by atoms with van der Waals surface area (Å²) in [6, 6.07) is 21.3. The van der Waals surface area contributed by atoms with E-state index in [4.69, 9.17) is 4.84 Å². The lowest BCUT2D eigenvalue weighted by atomic mass is 9.74. The van der Waals surface area contributed by atoms with Gasteiger partial charge >= 0.3 is 0 Å². The van der Waals surface area contributed by atoms with Gasteiger partial charge in [-0.05, 0) is 18.2 Å². The van der Waals surface area contributed by atoms with Crippen LogP contribution in [0.3, 0.4) is 0 Å². The van der Waals surface area contributed by atoms with E-state index >= 15 is 0 Å². The van der Waals surface area contributed by atoms with Gasteiger partial charge in [-0.2, -0.15) is 0 Å². The summed E-state index contributed by atoms with van der Waals surface area (Å²) in [6.45, 7) is 0. The number of nitrogens with zero attached hydrogens (tertiary/aromatic N) is 2. The van der Waals surface area contributed by atoms with Crippen molar-refractivity contribution in [1.29, 1.82) is 0 Å². The zero-order valence-electron chi connectivity index (χ0n) is 16.0. The maximum Gasteiger partial charge on any atom is 0.277 e. The van der Waals surface area contributed by atoms with Gasteiger partial charge in [0.15, 0.2) is 5.78 Å². The Morgan fingerprint density at radius 1 is 1.00 bits per heavy atom. The monoisotopic (exact) mass is 413 g/mol. The van der Waals surface area contributed by atoms with Crippen molar-refractivity contribution in [2.75, 3.05) is 5.32 Å². The summed E-state index contributed by atoms with van der Waals surface area (Å²) < 4.78 is 0. The molecule has 2 atom stereocenters. The summed E-state index contributed by atoms with van der Waals surface area (Å²) in [7, 11) is 0. The number of para-hydroxylation sites is 1. The molecule has 1 N–H and O–H groups in total. The summed E-state index contributed by atoms with van der Waals surface area (Å²) in [4.78, 5) is 43.1. The summed E-state index contributed by atoms with van der Waals surface area (Å²) in [5, 5.41) is 18.0. The number of benzene rings is 3. The second-order valence-corrected chi connectivity index (χ2v) is 7.27. The topological polar surface area (TPSA) is 111 Å². The second-order valence-electron chi connectivity index (χ2n) is 7.27. The maximum atomic E-state index is 13.7. The van der Waals surface area contributed by atoms with E-state index in [2.05, 4.69) is 10.5 Å². The summed E-state index contributed by atoms with van der Waals surface area (Å²) in [5.74, 6) is -1.88. The number of Topliss-reactive ketones (excluding diaryl/α,β-unsaturated/α-hetero) is 1. The molecule has 3 aromatic rings. The average molecular weight is 413 g/mol. The lowest BCUT2D eigenvalue weighted by Gasteiger charge is -2.26. The Labute approximate surface area is 176 Å². The number of carbonyl (C=O) groups excluding carboxylic acids is 2. The number of amides is 1. The number of oxime groups is 1. The number of non-ortho nitro benzene ring substituents is 1. The Morgan fingerprint density at radius 3 is 2.39 bits per heavy atom. The van der Waals surface area contributed by atoms with E-state index in [-0.39, 0.29) is 17.2 Å². The van der Waals surface area contributed by atoms with Gasteiger partial charge < -0.3 is 10.2 Å². The van der Waals surface area contributed by atoms with Gasteiger partial charge in [-0.25, -0.2) is 0 Å². The van der Waals surface area contributed by atoms with Gasteiger partial charge in [0.05, 0.1) is 4.92 Å².